The number of nitrogen functional groups attached to an aromatic ring is 1. The number of benzene rings is 3. The monoisotopic (exact) mass is 563 g/mol. The molecule has 40 heavy (non-hydrogen) atoms. The first kappa shape index (κ1) is 32.4. The van der Waals surface area contributed by atoms with Gasteiger partial charge in [0.2, 0.25) is 0 Å². The third-order valence-corrected chi connectivity index (χ3v) is 6.34. The molecule has 3 aromatic carbocycles. The molecule has 8 heteroatoms. The van der Waals surface area contributed by atoms with E-state index in [1.165, 1.54) is 48.5 Å². The van der Waals surface area contributed by atoms with E-state index in [-0.39, 0.29) is 16.9 Å². The predicted molar refractivity (Wildman–Crippen MR) is 147 cm³/mol. The first-order valence-electron chi connectivity index (χ1n) is 12.5. The smallest absolute Gasteiger partial charge is 0.393 e. The normalized spacial score (nSPS) is 12.3. The summed E-state index contributed by atoms with van der Waals surface area (Å²) in [7, 11) is 0. The number of alkyl halides is 6. The van der Waals surface area contributed by atoms with Gasteiger partial charge in [-0.3, -0.25) is 0 Å². The third-order valence-electron chi connectivity index (χ3n) is 6.34. The highest BCUT2D eigenvalue weighted by Crippen LogP contribution is 2.43. The second kappa shape index (κ2) is 14.0. The Labute approximate surface area is 230 Å². The van der Waals surface area contributed by atoms with Gasteiger partial charge >= 0.3 is 12.4 Å². The van der Waals surface area contributed by atoms with Crippen molar-refractivity contribution in [3.8, 4) is 0 Å². The van der Waals surface area contributed by atoms with Crippen LogP contribution < -0.4 is 5.73 Å². The van der Waals surface area contributed by atoms with Crippen LogP contribution in [0.1, 0.15) is 42.0 Å². The molecule has 2 N–H and O–H groups in total. The fourth-order valence-electron chi connectivity index (χ4n) is 4.49. The molecule has 0 aliphatic rings. The molecule has 0 aliphatic carbocycles. The molecular weight excluding hydrogens is 531 g/mol. The molecule has 214 valence electrons. The number of halogens is 7. The molecule has 0 spiro atoms. The zero-order valence-corrected chi connectivity index (χ0v) is 22.1. The Bertz CT molecular complexity index is 1210. The first-order chi connectivity index (χ1) is 18.7. The van der Waals surface area contributed by atoms with Gasteiger partial charge in [0, 0.05) is 11.1 Å². The van der Waals surface area contributed by atoms with Crippen molar-refractivity contribution in [2.45, 2.75) is 50.4 Å². The zero-order chi connectivity index (χ0) is 30.0. The zero-order valence-electron chi connectivity index (χ0n) is 22.1. The van der Waals surface area contributed by atoms with E-state index in [0.717, 1.165) is 5.57 Å². The van der Waals surface area contributed by atoms with Gasteiger partial charge in [-0.25, -0.2) is 4.39 Å². The van der Waals surface area contributed by atoms with E-state index in [1.807, 2.05) is 6.92 Å². The largest absolute Gasteiger partial charge is 0.399 e. The van der Waals surface area contributed by atoms with Gasteiger partial charge < -0.3 is 5.73 Å². The molecule has 0 radical (unpaired) electrons. The van der Waals surface area contributed by atoms with Crippen LogP contribution in [0.25, 0.3) is 0 Å². The van der Waals surface area contributed by atoms with Crippen molar-refractivity contribution in [2.75, 3.05) is 5.73 Å². The van der Waals surface area contributed by atoms with Crippen LogP contribution in [-0.4, -0.2) is 12.4 Å². The molecule has 0 saturated heterocycles. The van der Waals surface area contributed by atoms with Gasteiger partial charge in [-0.05, 0) is 64.9 Å². The van der Waals surface area contributed by atoms with Crippen LogP contribution in [0.15, 0.2) is 110 Å². The topological polar surface area (TPSA) is 26.0 Å². The van der Waals surface area contributed by atoms with Crippen LogP contribution in [0.4, 0.5) is 36.4 Å². The summed E-state index contributed by atoms with van der Waals surface area (Å²) in [5, 5.41) is 0. The average Bonchev–Trinajstić information content (AvgIpc) is 2.87. The highest BCUT2D eigenvalue weighted by atomic mass is 19.4. The number of hydrogen-bond donors (Lipinski definition) is 1. The molecule has 0 aliphatic heterocycles. The van der Waals surface area contributed by atoms with Crippen LogP contribution in [-0.2, 0) is 18.3 Å². The predicted octanol–water partition coefficient (Wildman–Crippen LogP) is 9.69. The molecule has 0 fully saturated rings. The van der Waals surface area contributed by atoms with Gasteiger partial charge in [0.1, 0.15) is 5.82 Å². The lowest BCUT2D eigenvalue weighted by Gasteiger charge is -2.36. The quantitative estimate of drug-likeness (QED) is 0.157. The van der Waals surface area contributed by atoms with E-state index in [1.54, 1.807) is 42.5 Å². The standard InChI is InChI=1S/C26H26F6.C6H6FN/c1-4-9-19(5-2)16-24(6-3,22-12-7-10-20(14-22)17-25(27,28)29)23-13-8-11-21(15-23)18-26(30,31)32;7-5-1-3-6(8)4-2-5/h4-5,7-15H,1-2,6,16-18H2,3H3;1-4H,8H2/b19-9+;. The highest BCUT2D eigenvalue weighted by molar-refractivity contribution is 5.45. The Hall–Kier alpha value is -3.81. The van der Waals surface area contributed by atoms with E-state index in [0.29, 0.717) is 29.7 Å². The van der Waals surface area contributed by atoms with E-state index >= 15 is 0 Å². The minimum atomic E-state index is -4.37. The van der Waals surface area contributed by atoms with Crippen molar-refractivity contribution in [3.05, 3.63) is 138 Å². The minimum Gasteiger partial charge on any atom is -0.399 e. The van der Waals surface area contributed by atoms with E-state index in [4.69, 9.17) is 5.73 Å². The van der Waals surface area contributed by atoms with E-state index in [2.05, 4.69) is 13.2 Å². The Morgan fingerprint density at radius 3 is 1.60 bits per heavy atom. The molecular formula is C32H32F7N. The number of anilines is 1. The summed E-state index contributed by atoms with van der Waals surface area (Å²) in [6.45, 7) is 9.36. The summed E-state index contributed by atoms with van der Waals surface area (Å²) >= 11 is 0. The van der Waals surface area contributed by atoms with Gasteiger partial charge in [-0.15, -0.1) is 0 Å². The van der Waals surface area contributed by atoms with Gasteiger partial charge in [-0.1, -0.05) is 86.8 Å². The second-order valence-corrected chi connectivity index (χ2v) is 9.33. The second-order valence-electron chi connectivity index (χ2n) is 9.33. The lowest BCUT2D eigenvalue weighted by Crippen LogP contribution is -2.28. The summed E-state index contributed by atoms with van der Waals surface area (Å²) in [5.74, 6) is -0.251. The minimum absolute atomic E-state index is 0.104. The van der Waals surface area contributed by atoms with Crippen LogP contribution >= 0.6 is 0 Å². The van der Waals surface area contributed by atoms with Gasteiger partial charge in [-0.2, -0.15) is 26.3 Å². The molecule has 0 bridgehead atoms. The van der Waals surface area contributed by atoms with Crippen LogP contribution in [0.3, 0.4) is 0 Å². The van der Waals surface area contributed by atoms with Gasteiger partial charge in [0.25, 0.3) is 0 Å². The van der Waals surface area contributed by atoms with Gasteiger partial charge in [0.05, 0.1) is 12.8 Å². The molecule has 0 heterocycles. The van der Waals surface area contributed by atoms with Crippen molar-refractivity contribution in [3.63, 3.8) is 0 Å². The molecule has 3 rings (SSSR count). The van der Waals surface area contributed by atoms with Crippen molar-refractivity contribution < 1.29 is 30.7 Å². The van der Waals surface area contributed by atoms with Crippen LogP contribution in [0, 0.1) is 5.82 Å². The number of allylic oxidation sites excluding steroid dienone is 4. The fraction of sp³-hybridized carbons (Fsp3) is 0.250. The Balaban J connectivity index is 0.000000598. The van der Waals surface area contributed by atoms with Crippen molar-refractivity contribution in [2.24, 2.45) is 0 Å². The highest BCUT2D eigenvalue weighted by Gasteiger charge is 2.35. The maximum Gasteiger partial charge on any atom is 0.393 e. The molecule has 0 atom stereocenters. The van der Waals surface area contributed by atoms with Crippen molar-refractivity contribution in [1.82, 2.24) is 0 Å². The summed E-state index contributed by atoms with van der Waals surface area (Å²) < 4.78 is 90.1. The van der Waals surface area contributed by atoms with Crippen LogP contribution in [0.5, 0.6) is 0 Å². The molecule has 1 nitrogen and oxygen atoms in total. The first-order valence-corrected chi connectivity index (χ1v) is 12.5. The summed E-state index contributed by atoms with van der Waals surface area (Å²) in [4.78, 5) is 0. The molecule has 0 amide bonds. The van der Waals surface area contributed by atoms with Crippen molar-refractivity contribution >= 4 is 5.69 Å². The summed E-state index contributed by atoms with van der Waals surface area (Å²) in [5.41, 5.74) is 7.22. The van der Waals surface area contributed by atoms with Gasteiger partial charge in [0.15, 0.2) is 0 Å². The lowest BCUT2D eigenvalue weighted by atomic mass is 9.68. The van der Waals surface area contributed by atoms with Crippen molar-refractivity contribution in [1.29, 1.82) is 0 Å². The van der Waals surface area contributed by atoms with E-state index in [9.17, 15) is 30.7 Å². The maximum atomic E-state index is 13.0. The lowest BCUT2D eigenvalue weighted by molar-refractivity contribution is -0.128. The van der Waals surface area contributed by atoms with E-state index < -0.39 is 30.6 Å². The molecule has 3 aromatic rings. The molecule has 0 aromatic heterocycles. The Morgan fingerprint density at radius 1 is 0.775 bits per heavy atom. The Kier molecular flexibility index (Phi) is 11.3. The number of hydrogen-bond acceptors (Lipinski definition) is 1. The summed E-state index contributed by atoms with van der Waals surface area (Å²) in [6, 6.07) is 18.1. The van der Waals surface area contributed by atoms with Crippen LogP contribution in [0.2, 0.25) is 0 Å². The third kappa shape index (κ3) is 10.1. The summed E-state index contributed by atoms with van der Waals surface area (Å²) in [6.07, 6.45) is -5.12. The molecule has 0 unspecified atom stereocenters. The Morgan fingerprint density at radius 2 is 1.25 bits per heavy atom. The fourth-order valence-corrected chi connectivity index (χ4v) is 4.49. The number of nitrogens with two attached hydrogens (primary N) is 1. The SMILES string of the molecule is C=C/C=C(\C=C)CC(CC)(c1cccc(CC(F)(F)F)c1)c1cccc(CC(F)(F)F)c1.Nc1ccc(F)cc1. The molecule has 0 saturated carbocycles. The average molecular weight is 564 g/mol. The number of rotatable bonds is 9. The maximum absolute atomic E-state index is 13.0.